The zero-order valence-electron chi connectivity index (χ0n) is 20.7. The summed E-state index contributed by atoms with van der Waals surface area (Å²) in [6.45, 7) is 4.63. The largest absolute Gasteiger partial charge is 0.347 e. The van der Waals surface area contributed by atoms with Gasteiger partial charge >= 0.3 is 0 Å². The number of benzene rings is 2. The van der Waals surface area contributed by atoms with Gasteiger partial charge < -0.3 is 10.6 Å². The van der Waals surface area contributed by atoms with Crippen LogP contribution in [0.3, 0.4) is 0 Å². The first-order valence-electron chi connectivity index (χ1n) is 12.4. The number of ketones is 1. The highest BCUT2D eigenvalue weighted by atomic mass is 32.1. The van der Waals surface area contributed by atoms with Crippen LogP contribution in [0.5, 0.6) is 0 Å². The highest BCUT2D eigenvalue weighted by Crippen LogP contribution is 2.35. The Morgan fingerprint density at radius 1 is 1.11 bits per heavy atom. The second-order valence-electron chi connectivity index (χ2n) is 9.54. The number of rotatable bonds is 7. The second-order valence-corrected chi connectivity index (χ2v) is 10.5. The standard InChI is InChI=1S/C29H27N5O2S/c1-17-22(18(2)35)4-5-24-23(17)6-7-25(24)30-16-21-14-26(33-28-9-11-32-34(21)28)29(36)31-15-19-3-8-27-20(13-19)10-12-37-27/h3-5,8-14,25,30H,6-7,15-16H2,1-2H3,(H,31,36)/t25-/m0/s1. The van der Waals surface area contributed by atoms with Crippen LogP contribution in [0.1, 0.15) is 68.2 Å². The SMILES string of the molecule is CC(=O)c1ccc2c(c1C)CC[C@@H]2NCc1cc(C(=O)NCc2ccc3sccc3c2)nc2ccnn12. The highest BCUT2D eigenvalue weighted by molar-refractivity contribution is 7.17. The Kier molecular flexibility index (Phi) is 6.06. The van der Waals surface area contributed by atoms with Gasteiger partial charge in [0.15, 0.2) is 11.4 Å². The fraction of sp³-hybridized carbons (Fsp3) is 0.241. The summed E-state index contributed by atoms with van der Waals surface area (Å²) in [4.78, 5) is 29.5. The molecule has 3 heterocycles. The molecule has 37 heavy (non-hydrogen) atoms. The Morgan fingerprint density at radius 3 is 2.86 bits per heavy atom. The molecule has 2 aromatic carbocycles. The van der Waals surface area contributed by atoms with Gasteiger partial charge in [-0.25, -0.2) is 9.50 Å². The van der Waals surface area contributed by atoms with Gasteiger partial charge in [0.25, 0.3) is 5.91 Å². The fourth-order valence-electron chi connectivity index (χ4n) is 5.32. The maximum atomic E-state index is 13.0. The molecule has 1 atom stereocenters. The fourth-order valence-corrected chi connectivity index (χ4v) is 6.09. The van der Waals surface area contributed by atoms with Crippen molar-refractivity contribution in [1.29, 1.82) is 0 Å². The van der Waals surface area contributed by atoms with Crippen molar-refractivity contribution >= 4 is 38.8 Å². The van der Waals surface area contributed by atoms with Crippen molar-refractivity contribution in [2.75, 3.05) is 0 Å². The number of nitrogens with zero attached hydrogens (tertiary/aromatic N) is 3. The molecular formula is C29H27N5O2S. The quantitative estimate of drug-likeness (QED) is 0.296. The topological polar surface area (TPSA) is 88.4 Å². The van der Waals surface area contributed by atoms with Crippen molar-refractivity contribution in [2.24, 2.45) is 0 Å². The Hall–Kier alpha value is -3.88. The summed E-state index contributed by atoms with van der Waals surface area (Å²) in [5.74, 6) is -0.110. The van der Waals surface area contributed by atoms with Crippen molar-refractivity contribution < 1.29 is 9.59 Å². The Morgan fingerprint density at radius 2 is 2.00 bits per heavy atom. The van der Waals surface area contributed by atoms with Crippen molar-refractivity contribution in [3.63, 3.8) is 0 Å². The van der Waals surface area contributed by atoms with Crippen LogP contribution in [0.15, 0.2) is 60.1 Å². The Balaban J connectivity index is 1.19. The molecule has 0 fully saturated rings. The first-order chi connectivity index (χ1) is 18.0. The van der Waals surface area contributed by atoms with Crippen LogP contribution in [0.2, 0.25) is 0 Å². The first-order valence-corrected chi connectivity index (χ1v) is 13.3. The molecule has 0 aliphatic heterocycles. The maximum absolute atomic E-state index is 13.0. The third kappa shape index (κ3) is 4.43. The normalized spacial score (nSPS) is 14.8. The molecule has 3 aromatic heterocycles. The minimum Gasteiger partial charge on any atom is -0.347 e. The van der Waals surface area contributed by atoms with Gasteiger partial charge in [0.05, 0.1) is 11.9 Å². The molecule has 2 N–H and O–H groups in total. The van der Waals surface area contributed by atoms with Gasteiger partial charge in [0.2, 0.25) is 0 Å². The van der Waals surface area contributed by atoms with Gasteiger partial charge in [0, 0.05) is 35.5 Å². The highest BCUT2D eigenvalue weighted by Gasteiger charge is 2.25. The van der Waals surface area contributed by atoms with E-state index >= 15 is 0 Å². The molecule has 0 spiro atoms. The lowest BCUT2D eigenvalue weighted by Crippen LogP contribution is -2.26. The molecule has 0 unspecified atom stereocenters. The number of carbonyl (C=O) groups is 2. The number of amides is 1. The predicted octanol–water partition coefficient (Wildman–Crippen LogP) is 5.16. The molecule has 6 rings (SSSR count). The van der Waals surface area contributed by atoms with Crippen LogP contribution < -0.4 is 10.6 Å². The van der Waals surface area contributed by atoms with Crippen LogP contribution in [0, 0.1) is 6.92 Å². The molecule has 8 heteroatoms. The van der Waals surface area contributed by atoms with E-state index in [0.29, 0.717) is 24.4 Å². The van der Waals surface area contributed by atoms with Gasteiger partial charge in [-0.2, -0.15) is 5.10 Å². The molecule has 0 saturated carbocycles. The lowest BCUT2D eigenvalue weighted by Gasteiger charge is -2.16. The van der Waals surface area contributed by atoms with Crippen LogP contribution >= 0.6 is 11.3 Å². The summed E-state index contributed by atoms with van der Waals surface area (Å²) in [7, 11) is 0. The van der Waals surface area contributed by atoms with Gasteiger partial charge in [0.1, 0.15) is 5.69 Å². The molecule has 0 radical (unpaired) electrons. The third-order valence-corrected chi connectivity index (χ3v) is 8.14. The van der Waals surface area contributed by atoms with E-state index in [1.54, 1.807) is 29.0 Å². The zero-order valence-corrected chi connectivity index (χ0v) is 21.6. The van der Waals surface area contributed by atoms with Crippen LogP contribution in [-0.2, 0) is 19.5 Å². The summed E-state index contributed by atoms with van der Waals surface area (Å²) in [6, 6.07) is 16.1. The van der Waals surface area contributed by atoms with Crippen LogP contribution in [0.4, 0.5) is 0 Å². The molecule has 0 bridgehead atoms. The molecule has 0 saturated heterocycles. The number of carbonyl (C=O) groups excluding carboxylic acids is 2. The first kappa shape index (κ1) is 23.5. The lowest BCUT2D eigenvalue weighted by atomic mass is 9.96. The van der Waals surface area contributed by atoms with Gasteiger partial charge in [-0.3, -0.25) is 9.59 Å². The summed E-state index contributed by atoms with van der Waals surface area (Å²) in [6.07, 6.45) is 3.60. The number of fused-ring (bicyclic) bond motifs is 3. The van der Waals surface area contributed by atoms with E-state index in [4.69, 9.17) is 0 Å². The van der Waals surface area contributed by atoms with Crippen LogP contribution in [0.25, 0.3) is 15.7 Å². The molecular weight excluding hydrogens is 482 g/mol. The molecule has 186 valence electrons. The third-order valence-electron chi connectivity index (χ3n) is 7.24. The van der Waals surface area contributed by atoms with E-state index in [1.807, 2.05) is 31.2 Å². The van der Waals surface area contributed by atoms with E-state index in [2.05, 4.69) is 50.4 Å². The average molecular weight is 510 g/mol. The van der Waals surface area contributed by atoms with E-state index in [1.165, 1.54) is 21.2 Å². The molecule has 1 amide bonds. The van der Waals surface area contributed by atoms with E-state index in [9.17, 15) is 9.59 Å². The van der Waals surface area contributed by atoms with Crippen molar-refractivity contribution in [3.05, 3.63) is 99.3 Å². The number of hydrogen-bond donors (Lipinski definition) is 2. The number of nitrogens with one attached hydrogen (secondary N) is 2. The monoisotopic (exact) mass is 509 g/mol. The van der Waals surface area contributed by atoms with Crippen LogP contribution in [-0.4, -0.2) is 26.3 Å². The lowest BCUT2D eigenvalue weighted by molar-refractivity contribution is 0.0945. The number of hydrogen-bond acceptors (Lipinski definition) is 6. The minimum absolute atomic E-state index is 0.104. The number of aromatic nitrogens is 3. The van der Waals surface area contributed by atoms with Crippen molar-refractivity contribution in [1.82, 2.24) is 25.2 Å². The molecule has 1 aliphatic carbocycles. The molecule has 1 aliphatic rings. The minimum atomic E-state index is -0.214. The number of Topliss-reactive ketones (excluding diaryl/α,β-unsaturated/α-hetero) is 1. The zero-order chi connectivity index (χ0) is 25.5. The van der Waals surface area contributed by atoms with E-state index in [0.717, 1.165) is 35.2 Å². The summed E-state index contributed by atoms with van der Waals surface area (Å²) in [5.41, 5.74) is 7.33. The predicted molar refractivity (Wildman–Crippen MR) is 145 cm³/mol. The Bertz CT molecular complexity index is 1670. The molecule has 5 aromatic rings. The van der Waals surface area contributed by atoms with Crippen molar-refractivity contribution in [3.8, 4) is 0 Å². The van der Waals surface area contributed by atoms with E-state index < -0.39 is 0 Å². The number of thiophene rings is 1. The summed E-state index contributed by atoms with van der Waals surface area (Å²) in [5, 5.41) is 14.3. The van der Waals surface area contributed by atoms with Gasteiger partial charge in [-0.05, 0) is 84.0 Å². The van der Waals surface area contributed by atoms with Gasteiger partial charge in [-0.1, -0.05) is 18.2 Å². The van der Waals surface area contributed by atoms with E-state index in [-0.39, 0.29) is 17.7 Å². The smallest absolute Gasteiger partial charge is 0.270 e. The second kappa shape index (κ2) is 9.53. The molecule has 7 nitrogen and oxygen atoms in total. The van der Waals surface area contributed by atoms with Gasteiger partial charge in [-0.15, -0.1) is 11.3 Å². The van der Waals surface area contributed by atoms with Crippen molar-refractivity contribution in [2.45, 2.75) is 45.8 Å². The maximum Gasteiger partial charge on any atom is 0.270 e. The Labute approximate surface area is 218 Å². The summed E-state index contributed by atoms with van der Waals surface area (Å²) < 4.78 is 3.01. The summed E-state index contributed by atoms with van der Waals surface area (Å²) >= 11 is 1.71. The average Bonchev–Trinajstić information content (AvgIpc) is 3.65.